The summed E-state index contributed by atoms with van der Waals surface area (Å²) in [4.78, 5) is 65.0. The van der Waals surface area contributed by atoms with E-state index in [4.69, 9.17) is 6.42 Å². The van der Waals surface area contributed by atoms with Crippen LogP contribution in [-0.4, -0.2) is 65.0 Å². The Morgan fingerprint density at radius 2 is 1.57 bits per heavy atom. The summed E-state index contributed by atoms with van der Waals surface area (Å²) in [5.41, 5.74) is -0.162. The molecule has 3 N–H and O–H groups in total. The number of nitrogens with one attached hydrogen (secondary N) is 3. The number of likely N-dealkylation sites (tertiary alicyclic amines) is 1. The number of carbonyl (C=O) groups excluding carboxylic acids is 5. The molecule has 9 nitrogen and oxygen atoms in total. The van der Waals surface area contributed by atoms with Crippen LogP contribution in [0.25, 0.3) is 0 Å². The van der Waals surface area contributed by atoms with Crippen molar-refractivity contribution in [3.8, 4) is 12.3 Å². The van der Waals surface area contributed by atoms with Crippen LogP contribution in [0.2, 0.25) is 0 Å². The van der Waals surface area contributed by atoms with Gasteiger partial charge in [-0.15, -0.1) is 18.9 Å². The van der Waals surface area contributed by atoms with Gasteiger partial charge in [0.2, 0.25) is 11.7 Å². The third-order valence-corrected chi connectivity index (χ3v) is 12.5. The largest absolute Gasteiger partial charge is 0.346 e. The summed E-state index contributed by atoms with van der Waals surface area (Å²) in [7, 11) is 0. The van der Waals surface area contributed by atoms with Crippen molar-refractivity contribution in [1.29, 1.82) is 0 Å². The predicted molar refractivity (Wildman–Crippen MR) is 204 cm³/mol. The SMILES string of the molecule is C#CCCC(C)C(=O)C(=O)NCC=C.CC(=O)C1[C@@H]2[C@H](CN1C(=O)C(NC(=O)NC1(CCC(C)(C)C)CCCCC1)C1(C)CCCCC1)C2(C)C. The monoisotopic (exact) mass is 709 g/mol. The van der Waals surface area contributed by atoms with Gasteiger partial charge in [-0.2, -0.15) is 0 Å². The summed E-state index contributed by atoms with van der Waals surface area (Å²) < 4.78 is 0. The van der Waals surface area contributed by atoms with E-state index in [1.807, 2.05) is 4.90 Å². The number of rotatable bonds is 13. The minimum Gasteiger partial charge on any atom is -0.346 e. The molecule has 4 fully saturated rings. The molecule has 286 valence electrons. The second-order valence-corrected chi connectivity index (χ2v) is 18.2. The molecule has 3 aliphatic carbocycles. The Morgan fingerprint density at radius 3 is 2.10 bits per heavy atom. The molecule has 0 spiro atoms. The Bertz CT molecular complexity index is 1310. The zero-order valence-electron chi connectivity index (χ0n) is 33.1. The van der Waals surface area contributed by atoms with Gasteiger partial charge in [0, 0.05) is 31.0 Å². The van der Waals surface area contributed by atoms with Crippen molar-refractivity contribution in [3.05, 3.63) is 12.7 Å². The molecule has 5 atom stereocenters. The van der Waals surface area contributed by atoms with Gasteiger partial charge in [-0.05, 0) is 80.0 Å². The second-order valence-electron chi connectivity index (χ2n) is 18.2. The lowest BCUT2D eigenvalue weighted by molar-refractivity contribution is -0.143. The van der Waals surface area contributed by atoms with E-state index in [2.05, 4.69) is 70.0 Å². The van der Waals surface area contributed by atoms with Crippen LogP contribution >= 0.6 is 0 Å². The maximum atomic E-state index is 14.2. The number of piperidine rings is 1. The zero-order chi connectivity index (χ0) is 38.2. The number of ketones is 2. The number of Topliss-reactive ketones (excluding diaryl/α,β-unsaturated/α-hetero) is 2. The molecule has 1 aliphatic heterocycles. The summed E-state index contributed by atoms with van der Waals surface area (Å²) in [6, 6.07) is -1.16. The summed E-state index contributed by atoms with van der Waals surface area (Å²) in [5.74, 6) is 1.80. The minimum atomic E-state index is -0.599. The third kappa shape index (κ3) is 10.9. The van der Waals surface area contributed by atoms with Crippen molar-refractivity contribution >= 4 is 29.4 Å². The summed E-state index contributed by atoms with van der Waals surface area (Å²) in [5, 5.41) is 9.08. The molecule has 0 radical (unpaired) electrons. The number of hydrogen-bond donors (Lipinski definition) is 3. The first-order valence-corrected chi connectivity index (χ1v) is 19.6. The highest BCUT2D eigenvalue weighted by Gasteiger charge is 2.69. The van der Waals surface area contributed by atoms with Crippen LogP contribution in [-0.2, 0) is 19.2 Å². The highest BCUT2D eigenvalue weighted by Crippen LogP contribution is 2.65. The smallest absolute Gasteiger partial charge is 0.315 e. The van der Waals surface area contributed by atoms with Crippen LogP contribution < -0.4 is 16.0 Å². The molecule has 0 aromatic rings. The number of amides is 4. The highest BCUT2D eigenvalue weighted by atomic mass is 16.2. The fourth-order valence-corrected chi connectivity index (χ4v) is 8.92. The molecule has 0 aromatic heterocycles. The number of hydrogen-bond acceptors (Lipinski definition) is 5. The molecule has 1 saturated heterocycles. The van der Waals surface area contributed by atoms with Crippen LogP contribution in [0.15, 0.2) is 12.7 Å². The van der Waals surface area contributed by atoms with Gasteiger partial charge in [-0.25, -0.2) is 4.79 Å². The standard InChI is InChI=1S/C31H53N3O3.C11H15NO2/c1-21(35)24-23-22(29(23,5)6)20-34(24)26(36)25(30(7)14-10-8-11-15-30)32-27(37)33-31(16-12-9-13-17-31)19-18-28(2,3)4;1-4-6-7-9(3)10(13)11(14)12-8-5-2/h22-25H,8-20H2,1-7H3,(H2,32,33,37);1,5,9H,2,6-8H2,3H3,(H,12,14)/t22-,23-,24?,25?;/m0./s1. The average molecular weight is 709 g/mol. The molecule has 0 aromatic carbocycles. The highest BCUT2D eigenvalue weighted by molar-refractivity contribution is 6.36. The summed E-state index contributed by atoms with van der Waals surface area (Å²) in [6.07, 6.45) is 20.4. The number of fused-ring (bicyclic) bond motifs is 1. The maximum Gasteiger partial charge on any atom is 0.315 e. The molecule has 3 unspecified atom stereocenters. The molecule has 0 bridgehead atoms. The Labute approximate surface area is 308 Å². The lowest BCUT2D eigenvalue weighted by Gasteiger charge is -2.44. The molecule has 3 saturated carbocycles. The predicted octanol–water partition coefficient (Wildman–Crippen LogP) is 7.13. The van der Waals surface area contributed by atoms with E-state index in [0.29, 0.717) is 31.8 Å². The normalized spacial score (nSPS) is 25.3. The summed E-state index contributed by atoms with van der Waals surface area (Å²) >= 11 is 0. The fraction of sp³-hybridized carbons (Fsp3) is 0.786. The third-order valence-electron chi connectivity index (χ3n) is 12.5. The number of terminal acetylenes is 1. The summed E-state index contributed by atoms with van der Waals surface area (Å²) in [6.45, 7) is 21.1. The second kappa shape index (κ2) is 17.6. The molecular weight excluding hydrogens is 640 g/mol. The first-order valence-electron chi connectivity index (χ1n) is 19.6. The number of nitrogens with zero attached hydrogens (tertiary/aromatic N) is 1. The Balaban J connectivity index is 0.000000425. The molecule has 1 heterocycles. The Morgan fingerprint density at radius 1 is 0.980 bits per heavy atom. The van der Waals surface area contributed by atoms with E-state index in [1.54, 1.807) is 13.8 Å². The van der Waals surface area contributed by atoms with Crippen LogP contribution in [0.5, 0.6) is 0 Å². The molecule has 51 heavy (non-hydrogen) atoms. The molecule has 4 rings (SSSR count). The van der Waals surface area contributed by atoms with Crippen molar-refractivity contribution in [2.75, 3.05) is 13.1 Å². The van der Waals surface area contributed by atoms with Crippen LogP contribution in [0, 0.1) is 46.3 Å². The van der Waals surface area contributed by atoms with Crippen molar-refractivity contribution in [2.45, 2.75) is 163 Å². The molecule has 9 heteroatoms. The van der Waals surface area contributed by atoms with Crippen molar-refractivity contribution < 1.29 is 24.0 Å². The topological polar surface area (TPSA) is 125 Å². The van der Waals surface area contributed by atoms with Gasteiger partial charge in [-0.3, -0.25) is 19.2 Å². The first kappa shape index (κ1) is 42.3. The van der Waals surface area contributed by atoms with E-state index in [9.17, 15) is 24.0 Å². The zero-order valence-corrected chi connectivity index (χ0v) is 33.1. The van der Waals surface area contributed by atoms with Gasteiger partial charge in [0.15, 0.2) is 5.78 Å². The van der Waals surface area contributed by atoms with Crippen molar-refractivity contribution in [3.63, 3.8) is 0 Å². The van der Waals surface area contributed by atoms with Gasteiger partial charge in [0.05, 0.1) is 6.04 Å². The molecular formula is C42H68N4O5. The van der Waals surface area contributed by atoms with Crippen molar-refractivity contribution in [2.24, 2.45) is 34.0 Å². The maximum absolute atomic E-state index is 14.2. The van der Waals surface area contributed by atoms with Gasteiger partial charge >= 0.3 is 6.03 Å². The number of carbonyl (C=O) groups is 5. The van der Waals surface area contributed by atoms with Gasteiger partial charge in [0.25, 0.3) is 5.91 Å². The Hall–Kier alpha value is -3.15. The number of urea groups is 1. The first-order chi connectivity index (χ1) is 23.8. The lowest BCUT2D eigenvalue weighted by atomic mass is 9.70. The van der Waals surface area contributed by atoms with Gasteiger partial charge < -0.3 is 20.9 Å². The van der Waals surface area contributed by atoms with E-state index in [-0.39, 0.29) is 57.4 Å². The quantitative estimate of drug-likeness (QED) is 0.107. The van der Waals surface area contributed by atoms with Crippen molar-refractivity contribution in [1.82, 2.24) is 20.9 Å². The van der Waals surface area contributed by atoms with Crippen LogP contribution in [0.3, 0.4) is 0 Å². The van der Waals surface area contributed by atoms with Crippen LogP contribution in [0.1, 0.15) is 145 Å². The minimum absolute atomic E-state index is 0.0462. The van der Waals surface area contributed by atoms with E-state index < -0.39 is 17.7 Å². The lowest BCUT2D eigenvalue weighted by Crippen LogP contribution is -2.63. The van der Waals surface area contributed by atoms with E-state index >= 15 is 0 Å². The Kier molecular flexibility index (Phi) is 14.6. The average Bonchev–Trinajstić information content (AvgIpc) is 3.38. The molecule has 4 amide bonds. The van der Waals surface area contributed by atoms with Gasteiger partial charge in [-0.1, -0.05) is 93.1 Å². The van der Waals surface area contributed by atoms with Gasteiger partial charge in [0.1, 0.15) is 6.04 Å². The van der Waals surface area contributed by atoms with E-state index in [1.165, 1.54) is 18.9 Å². The van der Waals surface area contributed by atoms with E-state index in [0.717, 1.165) is 64.2 Å². The molecule has 4 aliphatic rings. The fourth-order valence-electron chi connectivity index (χ4n) is 8.92. The van der Waals surface area contributed by atoms with Crippen LogP contribution in [0.4, 0.5) is 4.79 Å².